The van der Waals surface area contributed by atoms with E-state index in [2.05, 4.69) is 5.32 Å². The molecule has 5 rings (SSSR count). The Balaban J connectivity index is 1.78. The lowest BCUT2D eigenvalue weighted by Crippen LogP contribution is -2.61. The van der Waals surface area contributed by atoms with E-state index in [-0.39, 0.29) is 17.8 Å². The van der Waals surface area contributed by atoms with Crippen LogP contribution in [0.1, 0.15) is 42.4 Å². The van der Waals surface area contributed by atoms with Gasteiger partial charge in [-0.2, -0.15) is 0 Å². The summed E-state index contributed by atoms with van der Waals surface area (Å²) >= 11 is 0. The summed E-state index contributed by atoms with van der Waals surface area (Å²) in [4.78, 5) is 42.3. The Morgan fingerprint density at radius 2 is 1.38 bits per heavy atom. The Kier molecular flexibility index (Phi) is 7.04. The molecule has 0 radical (unpaired) electrons. The maximum Gasteiger partial charge on any atom is 0.275 e. The molecule has 8 heteroatoms. The van der Waals surface area contributed by atoms with Crippen molar-refractivity contribution >= 4 is 29.0 Å². The van der Waals surface area contributed by atoms with Gasteiger partial charge < -0.3 is 16.0 Å². The van der Waals surface area contributed by atoms with Crippen LogP contribution < -0.4 is 16.0 Å². The zero-order chi connectivity index (χ0) is 28.5. The maximum absolute atomic E-state index is 15.6. The van der Waals surface area contributed by atoms with Gasteiger partial charge in [-0.1, -0.05) is 85.3 Å². The molecule has 0 bridgehead atoms. The highest BCUT2D eigenvalue weighted by Crippen LogP contribution is 2.57. The van der Waals surface area contributed by atoms with Crippen LogP contribution in [0.15, 0.2) is 91.0 Å². The van der Waals surface area contributed by atoms with Gasteiger partial charge in [0.05, 0.1) is 16.5 Å². The molecule has 1 aliphatic carbocycles. The van der Waals surface area contributed by atoms with Gasteiger partial charge in [-0.05, 0) is 30.0 Å². The minimum atomic E-state index is -3.38. The number of anilines is 1. The number of alkyl halides is 2. The van der Waals surface area contributed by atoms with Gasteiger partial charge in [-0.3, -0.25) is 14.4 Å². The SMILES string of the molecule is CNC(=O)C=C1c2ccccc2N(C(=O)C2(c3ccccc3)CCCC2(C(N)=O)c2ccccc2)CCC1(F)F. The average molecular weight is 544 g/mol. The number of amides is 3. The number of allylic oxidation sites excluding steroid dienone is 1. The summed E-state index contributed by atoms with van der Waals surface area (Å²) in [5, 5.41) is 2.37. The molecule has 2 aliphatic rings. The topological polar surface area (TPSA) is 92.5 Å². The number of hydrogen-bond acceptors (Lipinski definition) is 3. The Labute approximate surface area is 231 Å². The average Bonchev–Trinajstić information content (AvgIpc) is 3.35. The fraction of sp³-hybridized carbons (Fsp3) is 0.281. The van der Waals surface area contributed by atoms with E-state index in [0.717, 1.165) is 6.08 Å². The van der Waals surface area contributed by atoms with Crippen molar-refractivity contribution in [1.29, 1.82) is 0 Å². The molecule has 0 aromatic heterocycles. The Morgan fingerprint density at radius 3 is 1.98 bits per heavy atom. The van der Waals surface area contributed by atoms with E-state index in [4.69, 9.17) is 5.73 Å². The summed E-state index contributed by atoms with van der Waals surface area (Å²) < 4.78 is 31.2. The number of carbonyl (C=O) groups excluding carboxylic acids is 3. The largest absolute Gasteiger partial charge is 0.369 e. The van der Waals surface area contributed by atoms with Crippen molar-refractivity contribution in [2.75, 3.05) is 18.5 Å². The van der Waals surface area contributed by atoms with E-state index in [0.29, 0.717) is 30.4 Å². The Bertz CT molecular complexity index is 1470. The molecule has 2 unspecified atom stereocenters. The molecule has 3 N–H and O–H groups in total. The standard InChI is InChI=1S/C32H31F2N3O3/c1-36-27(38)21-25-24-15-8-9-16-26(24)37(20-19-32(25,33)34)29(40)31(23-13-6-3-7-14-23)18-10-17-30(31,28(35)39)22-11-4-2-5-12-22/h2-9,11-16,21H,10,17-20H2,1H3,(H2,35,39)(H,36,38). The van der Waals surface area contributed by atoms with Gasteiger partial charge in [0.15, 0.2) is 0 Å². The zero-order valence-corrected chi connectivity index (χ0v) is 22.2. The van der Waals surface area contributed by atoms with Crippen LogP contribution in [0.4, 0.5) is 14.5 Å². The Morgan fingerprint density at radius 1 is 0.825 bits per heavy atom. The zero-order valence-electron chi connectivity index (χ0n) is 22.2. The van der Waals surface area contributed by atoms with Gasteiger partial charge >= 0.3 is 0 Å². The number of nitrogens with zero attached hydrogens (tertiary/aromatic N) is 1. The van der Waals surface area contributed by atoms with Crippen LogP contribution >= 0.6 is 0 Å². The van der Waals surface area contributed by atoms with Crippen molar-refractivity contribution in [3.8, 4) is 0 Å². The van der Waals surface area contributed by atoms with Crippen molar-refractivity contribution < 1.29 is 23.2 Å². The van der Waals surface area contributed by atoms with E-state index < -0.39 is 46.5 Å². The fourth-order valence-electron chi connectivity index (χ4n) is 6.63. The second kappa shape index (κ2) is 10.3. The number of para-hydroxylation sites is 1. The molecule has 40 heavy (non-hydrogen) atoms. The third kappa shape index (κ3) is 4.10. The van der Waals surface area contributed by atoms with E-state index >= 15 is 13.6 Å². The number of primary amides is 1. The molecule has 3 amide bonds. The van der Waals surface area contributed by atoms with Crippen LogP contribution in [0.5, 0.6) is 0 Å². The number of fused-ring (bicyclic) bond motifs is 1. The molecule has 0 spiro atoms. The quantitative estimate of drug-likeness (QED) is 0.456. The van der Waals surface area contributed by atoms with Crippen LogP contribution in [-0.2, 0) is 25.2 Å². The van der Waals surface area contributed by atoms with Crippen molar-refractivity contribution in [2.24, 2.45) is 5.73 Å². The first kappa shape index (κ1) is 27.2. The van der Waals surface area contributed by atoms with E-state index in [1.165, 1.54) is 18.0 Å². The molecule has 3 aromatic carbocycles. The van der Waals surface area contributed by atoms with E-state index in [1.54, 1.807) is 66.7 Å². The highest BCUT2D eigenvalue weighted by atomic mass is 19.3. The second-order valence-corrected chi connectivity index (χ2v) is 10.4. The number of nitrogens with two attached hydrogens (primary N) is 1. The molecule has 3 aromatic rings. The maximum atomic E-state index is 15.6. The van der Waals surface area contributed by atoms with Gasteiger partial charge in [-0.15, -0.1) is 0 Å². The lowest BCUT2D eigenvalue weighted by Gasteiger charge is -2.46. The lowest BCUT2D eigenvalue weighted by atomic mass is 9.57. The molecule has 206 valence electrons. The van der Waals surface area contributed by atoms with E-state index in [9.17, 15) is 9.59 Å². The summed E-state index contributed by atoms with van der Waals surface area (Å²) in [5.41, 5.74) is 4.49. The van der Waals surface area contributed by atoms with Crippen molar-refractivity contribution in [1.82, 2.24) is 5.32 Å². The van der Waals surface area contributed by atoms with Gasteiger partial charge in [0.2, 0.25) is 17.7 Å². The van der Waals surface area contributed by atoms with Gasteiger partial charge in [0, 0.05) is 37.2 Å². The molecule has 0 saturated heterocycles. The fourth-order valence-corrected chi connectivity index (χ4v) is 6.63. The first-order chi connectivity index (χ1) is 19.2. The van der Waals surface area contributed by atoms with Crippen LogP contribution in [0.2, 0.25) is 0 Å². The Hall–Kier alpha value is -4.33. The summed E-state index contributed by atoms with van der Waals surface area (Å²) in [7, 11) is 1.37. The lowest BCUT2D eigenvalue weighted by molar-refractivity contribution is -0.134. The molecular weight excluding hydrogens is 512 g/mol. The minimum Gasteiger partial charge on any atom is -0.369 e. The smallest absolute Gasteiger partial charge is 0.275 e. The van der Waals surface area contributed by atoms with Crippen LogP contribution in [0, 0.1) is 0 Å². The highest BCUT2D eigenvalue weighted by Gasteiger charge is 2.65. The third-order valence-electron chi connectivity index (χ3n) is 8.45. The molecule has 2 atom stereocenters. The molecule has 1 aliphatic heterocycles. The summed E-state index contributed by atoms with van der Waals surface area (Å²) in [5.74, 6) is -5.16. The predicted octanol–water partition coefficient (Wildman–Crippen LogP) is 4.73. The number of benzene rings is 3. The number of rotatable bonds is 5. The molecule has 1 heterocycles. The predicted molar refractivity (Wildman–Crippen MR) is 150 cm³/mol. The monoisotopic (exact) mass is 543 g/mol. The van der Waals surface area contributed by atoms with Crippen molar-refractivity contribution in [3.63, 3.8) is 0 Å². The van der Waals surface area contributed by atoms with Gasteiger partial charge in [0.25, 0.3) is 5.92 Å². The second-order valence-electron chi connectivity index (χ2n) is 10.4. The summed E-state index contributed by atoms with van der Waals surface area (Å²) in [6.07, 6.45) is 1.37. The summed E-state index contributed by atoms with van der Waals surface area (Å²) in [6, 6.07) is 24.4. The number of hydrogen-bond donors (Lipinski definition) is 2. The minimum absolute atomic E-state index is 0.0903. The highest BCUT2D eigenvalue weighted by molar-refractivity contribution is 6.10. The number of nitrogens with one attached hydrogen (secondary N) is 1. The first-order valence-corrected chi connectivity index (χ1v) is 13.3. The molecule has 1 saturated carbocycles. The van der Waals surface area contributed by atoms with Crippen molar-refractivity contribution in [2.45, 2.75) is 42.4 Å². The molecular formula is C32H31F2N3O3. The number of likely N-dealkylation sites (N-methyl/N-ethyl adjacent to an activating group) is 1. The third-order valence-corrected chi connectivity index (χ3v) is 8.45. The molecule has 1 fully saturated rings. The van der Waals surface area contributed by atoms with Gasteiger partial charge in [-0.25, -0.2) is 8.78 Å². The van der Waals surface area contributed by atoms with Crippen molar-refractivity contribution in [3.05, 3.63) is 108 Å². The number of carbonyl (C=O) groups is 3. The number of halogens is 2. The van der Waals surface area contributed by atoms with Crippen LogP contribution in [-0.4, -0.2) is 37.2 Å². The molecule has 6 nitrogen and oxygen atoms in total. The first-order valence-electron chi connectivity index (χ1n) is 13.3. The van der Waals surface area contributed by atoms with Gasteiger partial charge in [0.1, 0.15) is 0 Å². The van der Waals surface area contributed by atoms with Crippen LogP contribution in [0.25, 0.3) is 5.57 Å². The van der Waals surface area contributed by atoms with E-state index in [1.807, 2.05) is 12.1 Å². The van der Waals surface area contributed by atoms with Crippen LogP contribution in [0.3, 0.4) is 0 Å². The normalized spacial score (nSPS) is 24.7. The summed E-state index contributed by atoms with van der Waals surface area (Å²) in [6.45, 7) is -0.313.